The number of benzene rings is 2. The topological polar surface area (TPSA) is 75.7 Å². The molecule has 0 aliphatic carbocycles. The maximum atomic E-state index is 12.6. The summed E-state index contributed by atoms with van der Waals surface area (Å²) in [6.45, 7) is 3.28. The van der Waals surface area contributed by atoms with E-state index in [1.54, 1.807) is 44.2 Å². The minimum absolute atomic E-state index is 0.323. The lowest BCUT2D eigenvalue weighted by Crippen LogP contribution is -2.52. The van der Waals surface area contributed by atoms with Crippen molar-refractivity contribution in [1.82, 2.24) is 0 Å². The van der Waals surface area contributed by atoms with Crippen LogP contribution in [0.25, 0.3) is 0 Å². The van der Waals surface area contributed by atoms with Gasteiger partial charge in [0.1, 0.15) is 18.1 Å². The van der Waals surface area contributed by atoms with Gasteiger partial charge >= 0.3 is 0 Å². The third kappa shape index (κ3) is 3.24. The fourth-order valence-corrected chi connectivity index (χ4v) is 2.74. The fourth-order valence-electron chi connectivity index (χ4n) is 2.74. The van der Waals surface area contributed by atoms with Crippen LogP contribution in [0.3, 0.4) is 0 Å². The first-order valence-corrected chi connectivity index (χ1v) is 7.96. The van der Waals surface area contributed by atoms with E-state index in [9.17, 15) is 14.4 Å². The van der Waals surface area contributed by atoms with Crippen molar-refractivity contribution in [2.75, 3.05) is 10.2 Å². The van der Waals surface area contributed by atoms with E-state index >= 15 is 0 Å². The van der Waals surface area contributed by atoms with Gasteiger partial charge in [-0.05, 0) is 44.2 Å². The van der Waals surface area contributed by atoms with Crippen LogP contribution in [-0.4, -0.2) is 30.2 Å². The van der Waals surface area contributed by atoms with E-state index in [2.05, 4.69) is 5.32 Å². The molecule has 2 unspecified atom stereocenters. The molecule has 0 radical (unpaired) electrons. The molecule has 2 aromatic rings. The third-order valence-corrected chi connectivity index (χ3v) is 4.08. The number of hydrogen-bond acceptors (Lipinski definition) is 4. The summed E-state index contributed by atoms with van der Waals surface area (Å²) in [6.07, 6.45) is -0.0167. The van der Waals surface area contributed by atoms with Crippen LogP contribution < -0.4 is 15.0 Å². The van der Waals surface area contributed by atoms with Crippen LogP contribution in [0.1, 0.15) is 24.2 Å². The van der Waals surface area contributed by atoms with Crippen LogP contribution in [0.15, 0.2) is 48.5 Å². The van der Waals surface area contributed by atoms with E-state index in [-0.39, 0.29) is 11.8 Å². The van der Waals surface area contributed by atoms with Crippen molar-refractivity contribution < 1.29 is 19.1 Å². The molecule has 2 aromatic carbocycles. The molecule has 2 amide bonds. The fraction of sp³-hybridized carbons (Fsp3) is 0.211. The molecule has 128 valence electrons. The standard InChI is InChI=1S/C19H18N2O4/c1-12(18(23)20-15-6-4-3-5-7-15)21-16-10-14(11-22)8-9-17(16)25-13(2)19(21)24/h3-13H,1-2H3,(H,20,23). The summed E-state index contributed by atoms with van der Waals surface area (Å²) < 4.78 is 5.58. The molecule has 0 fully saturated rings. The number of ether oxygens (including phenoxy) is 1. The van der Waals surface area contributed by atoms with Crippen LogP contribution in [0.5, 0.6) is 5.75 Å². The van der Waals surface area contributed by atoms with Gasteiger partial charge in [-0.1, -0.05) is 18.2 Å². The molecule has 6 nitrogen and oxygen atoms in total. The zero-order valence-corrected chi connectivity index (χ0v) is 13.9. The maximum Gasteiger partial charge on any atom is 0.268 e. The number of nitrogens with one attached hydrogen (secondary N) is 1. The van der Waals surface area contributed by atoms with Crippen molar-refractivity contribution in [2.45, 2.75) is 26.0 Å². The predicted molar refractivity (Wildman–Crippen MR) is 93.9 cm³/mol. The van der Waals surface area contributed by atoms with E-state index in [4.69, 9.17) is 4.74 Å². The lowest BCUT2D eigenvalue weighted by atomic mass is 10.1. The zero-order chi connectivity index (χ0) is 18.0. The van der Waals surface area contributed by atoms with Crippen molar-refractivity contribution in [3.63, 3.8) is 0 Å². The van der Waals surface area contributed by atoms with Crippen molar-refractivity contribution in [3.8, 4) is 5.75 Å². The minimum Gasteiger partial charge on any atom is -0.479 e. The molecule has 1 aliphatic heterocycles. The highest BCUT2D eigenvalue weighted by Gasteiger charge is 2.37. The molecule has 0 aromatic heterocycles. The summed E-state index contributed by atoms with van der Waals surface area (Å²) in [4.78, 5) is 37.7. The number of aldehydes is 1. The SMILES string of the molecule is CC1Oc2ccc(C=O)cc2N(C(C)C(=O)Nc2ccccc2)C1=O. The molecule has 2 atom stereocenters. The third-order valence-electron chi connectivity index (χ3n) is 4.08. The molecule has 3 rings (SSSR count). The Balaban J connectivity index is 1.93. The second-order valence-electron chi connectivity index (χ2n) is 5.84. The smallest absolute Gasteiger partial charge is 0.268 e. The summed E-state index contributed by atoms with van der Waals surface area (Å²) in [5.41, 5.74) is 1.48. The number of rotatable bonds is 4. The van der Waals surface area contributed by atoms with Crippen molar-refractivity contribution in [1.29, 1.82) is 0 Å². The first-order valence-electron chi connectivity index (χ1n) is 7.96. The first-order chi connectivity index (χ1) is 12.0. The highest BCUT2D eigenvalue weighted by molar-refractivity contribution is 6.08. The zero-order valence-electron chi connectivity index (χ0n) is 13.9. The predicted octanol–water partition coefficient (Wildman–Crippen LogP) is 2.64. The average Bonchev–Trinajstić information content (AvgIpc) is 2.63. The highest BCUT2D eigenvalue weighted by atomic mass is 16.5. The first kappa shape index (κ1) is 16.7. The van der Waals surface area contributed by atoms with Gasteiger partial charge in [0.05, 0.1) is 5.69 Å². The summed E-state index contributed by atoms with van der Waals surface area (Å²) in [5.74, 6) is -0.181. The normalized spacial score (nSPS) is 17.3. The van der Waals surface area contributed by atoms with Gasteiger partial charge in [0.2, 0.25) is 5.91 Å². The number of nitrogens with zero attached hydrogens (tertiary/aromatic N) is 1. The number of fused-ring (bicyclic) bond motifs is 1. The number of hydrogen-bond donors (Lipinski definition) is 1. The molecule has 0 saturated heterocycles. The van der Waals surface area contributed by atoms with Gasteiger partial charge in [-0.3, -0.25) is 19.3 Å². The van der Waals surface area contributed by atoms with Crippen LogP contribution in [-0.2, 0) is 9.59 Å². The molecule has 0 bridgehead atoms. The van der Waals surface area contributed by atoms with Gasteiger partial charge in [-0.2, -0.15) is 0 Å². The average molecular weight is 338 g/mol. The van der Waals surface area contributed by atoms with Crippen LogP contribution in [0, 0.1) is 0 Å². The van der Waals surface area contributed by atoms with E-state index in [1.807, 2.05) is 18.2 Å². The molecule has 1 N–H and O–H groups in total. The lowest BCUT2D eigenvalue weighted by molar-refractivity contribution is -0.128. The number of carbonyl (C=O) groups excluding carboxylic acids is 3. The number of carbonyl (C=O) groups is 3. The van der Waals surface area contributed by atoms with E-state index in [1.165, 1.54) is 4.90 Å². The summed E-state index contributed by atoms with van der Waals surface area (Å²) in [7, 11) is 0. The maximum absolute atomic E-state index is 12.6. The Labute approximate surface area is 145 Å². The Morgan fingerprint density at radius 3 is 2.64 bits per heavy atom. The lowest BCUT2D eigenvalue weighted by Gasteiger charge is -2.36. The Morgan fingerprint density at radius 2 is 1.96 bits per heavy atom. The van der Waals surface area contributed by atoms with Gasteiger partial charge in [0.15, 0.2) is 6.10 Å². The summed E-state index contributed by atoms with van der Waals surface area (Å²) in [5, 5.41) is 2.79. The molecule has 0 saturated carbocycles. The summed E-state index contributed by atoms with van der Waals surface area (Å²) >= 11 is 0. The second kappa shape index (κ2) is 6.76. The molecule has 1 aliphatic rings. The van der Waals surface area contributed by atoms with Crippen molar-refractivity contribution in [3.05, 3.63) is 54.1 Å². The van der Waals surface area contributed by atoms with Crippen molar-refractivity contribution in [2.24, 2.45) is 0 Å². The monoisotopic (exact) mass is 338 g/mol. The van der Waals surface area contributed by atoms with Gasteiger partial charge in [0.25, 0.3) is 5.91 Å². The Hall–Kier alpha value is -3.15. The number of amides is 2. The Kier molecular flexibility index (Phi) is 4.52. The largest absolute Gasteiger partial charge is 0.479 e. The highest BCUT2D eigenvalue weighted by Crippen LogP contribution is 2.36. The Bertz CT molecular complexity index is 819. The van der Waals surface area contributed by atoms with E-state index in [0.717, 1.165) is 0 Å². The molecular weight excluding hydrogens is 320 g/mol. The van der Waals surface area contributed by atoms with Gasteiger partial charge in [-0.25, -0.2) is 0 Å². The molecule has 0 spiro atoms. The van der Waals surface area contributed by atoms with Gasteiger partial charge in [-0.15, -0.1) is 0 Å². The molecule has 25 heavy (non-hydrogen) atoms. The quantitative estimate of drug-likeness (QED) is 0.870. The molecule has 6 heteroatoms. The molecule has 1 heterocycles. The Morgan fingerprint density at radius 1 is 1.24 bits per heavy atom. The minimum atomic E-state index is -0.764. The van der Waals surface area contributed by atoms with Crippen LogP contribution in [0.4, 0.5) is 11.4 Å². The molecular formula is C19H18N2O4. The van der Waals surface area contributed by atoms with Gasteiger partial charge in [0, 0.05) is 11.3 Å². The van der Waals surface area contributed by atoms with Crippen LogP contribution in [0.2, 0.25) is 0 Å². The van der Waals surface area contributed by atoms with Gasteiger partial charge < -0.3 is 10.1 Å². The van der Waals surface area contributed by atoms with Crippen LogP contribution >= 0.6 is 0 Å². The number of para-hydroxylation sites is 1. The number of anilines is 2. The second-order valence-corrected chi connectivity index (χ2v) is 5.84. The van der Waals surface area contributed by atoms with E-state index in [0.29, 0.717) is 29.0 Å². The summed E-state index contributed by atoms with van der Waals surface area (Å²) in [6, 6.07) is 13.1. The van der Waals surface area contributed by atoms with Crippen molar-refractivity contribution >= 4 is 29.5 Å². The van der Waals surface area contributed by atoms with E-state index < -0.39 is 12.1 Å².